The first kappa shape index (κ1) is 18.3. The molecule has 2 aromatic carbocycles. The number of amides is 1. The fraction of sp³-hybridized carbons (Fsp3) is 0.176. The highest BCUT2D eigenvalue weighted by atomic mass is 35.5. The van der Waals surface area contributed by atoms with E-state index in [0.717, 1.165) is 0 Å². The third-order valence-electron chi connectivity index (χ3n) is 3.31. The minimum atomic E-state index is -0.934. The predicted molar refractivity (Wildman–Crippen MR) is 94.8 cm³/mol. The number of nitrogens with one attached hydrogen (secondary N) is 1. The summed E-state index contributed by atoms with van der Waals surface area (Å²) in [5.41, 5.74) is 1.66. The number of halogens is 2. The number of carboxylic acids is 1. The molecule has 0 aliphatic heterocycles. The fourth-order valence-corrected chi connectivity index (χ4v) is 2.55. The first-order chi connectivity index (χ1) is 11.4. The zero-order valence-electron chi connectivity index (χ0n) is 12.9. The van der Waals surface area contributed by atoms with Gasteiger partial charge in [0, 0.05) is 33.4 Å². The summed E-state index contributed by atoms with van der Waals surface area (Å²) in [5, 5.41) is 12.7. The minimum Gasteiger partial charge on any atom is -0.480 e. The topological polar surface area (TPSA) is 69.6 Å². The van der Waals surface area contributed by atoms with Gasteiger partial charge in [0.1, 0.15) is 0 Å². The third kappa shape index (κ3) is 4.96. The Hall–Kier alpha value is -2.08. The standard InChI is InChI=1S/C17H16Cl2N2O3/c1-21(10-16(22)23)9-13-14(19)3-2-4-15(13)20-17(24)11-5-7-12(18)8-6-11/h2-8H,9-10H2,1H3,(H,20,24)(H,22,23). The Morgan fingerprint density at radius 3 is 2.42 bits per heavy atom. The average molecular weight is 367 g/mol. The summed E-state index contributed by atoms with van der Waals surface area (Å²) in [5.74, 6) is -1.23. The van der Waals surface area contributed by atoms with Crippen molar-refractivity contribution in [2.45, 2.75) is 6.54 Å². The van der Waals surface area contributed by atoms with E-state index in [1.165, 1.54) is 0 Å². The molecule has 7 heteroatoms. The van der Waals surface area contributed by atoms with Crippen LogP contribution >= 0.6 is 23.2 Å². The summed E-state index contributed by atoms with van der Waals surface area (Å²) in [6.07, 6.45) is 0. The van der Waals surface area contributed by atoms with Crippen LogP contribution in [0.5, 0.6) is 0 Å². The number of carboxylic acid groups (broad SMARTS) is 1. The number of carbonyl (C=O) groups is 2. The lowest BCUT2D eigenvalue weighted by Gasteiger charge is -2.18. The van der Waals surface area contributed by atoms with Gasteiger partial charge in [0.25, 0.3) is 5.91 Å². The van der Waals surface area contributed by atoms with Crippen molar-refractivity contribution in [2.24, 2.45) is 0 Å². The predicted octanol–water partition coefficient (Wildman–Crippen LogP) is 3.76. The van der Waals surface area contributed by atoms with Crippen molar-refractivity contribution in [1.82, 2.24) is 4.90 Å². The van der Waals surface area contributed by atoms with E-state index >= 15 is 0 Å². The van der Waals surface area contributed by atoms with Crippen LogP contribution in [0.3, 0.4) is 0 Å². The van der Waals surface area contributed by atoms with Crippen molar-refractivity contribution in [2.75, 3.05) is 18.9 Å². The SMILES string of the molecule is CN(CC(=O)O)Cc1c(Cl)cccc1NC(=O)c1ccc(Cl)cc1. The molecule has 0 atom stereocenters. The van der Waals surface area contributed by atoms with E-state index in [0.29, 0.717) is 33.4 Å². The summed E-state index contributed by atoms with van der Waals surface area (Å²) in [6, 6.07) is 11.7. The Morgan fingerprint density at radius 1 is 1.12 bits per heavy atom. The zero-order chi connectivity index (χ0) is 17.7. The van der Waals surface area contributed by atoms with Gasteiger partial charge >= 0.3 is 5.97 Å². The maximum absolute atomic E-state index is 12.3. The number of rotatable bonds is 6. The van der Waals surface area contributed by atoms with E-state index in [4.69, 9.17) is 28.3 Å². The Labute approximate surface area is 149 Å². The van der Waals surface area contributed by atoms with Crippen molar-refractivity contribution in [3.05, 3.63) is 63.6 Å². The maximum Gasteiger partial charge on any atom is 0.317 e. The molecule has 0 saturated carbocycles. The van der Waals surface area contributed by atoms with E-state index in [-0.39, 0.29) is 12.5 Å². The number of benzene rings is 2. The average Bonchev–Trinajstić information content (AvgIpc) is 2.50. The fourth-order valence-electron chi connectivity index (χ4n) is 2.19. The normalized spacial score (nSPS) is 10.7. The Morgan fingerprint density at radius 2 is 1.79 bits per heavy atom. The van der Waals surface area contributed by atoms with Gasteiger partial charge in [-0.2, -0.15) is 0 Å². The summed E-state index contributed by atoms with van der Waals surface area (Å²) >= 11 is 12.0. The molecule has 1 amide bonds. The van der Waals surface area contributed by atoms with Crippen LogP contribution in [0, 0.1) is 0 Å². The lowest BCUT2D eigenvalue weighted by Crippen LogP contribution is -2.26. The van der Waals surface area contributed by atoms with E-state index in [1.54, 1.807) is 54.4 Å². The number of anilines is 1. The highest BCUT2D eigenvalue weighted by Crippen LogP contribution is 2.26. The molecule has 2 N–H and O–H groups in total. The van der Waals surface area contributed by atoms with E-state index in [1.807, 2.05) is 0 Å². The first-order valence-corrected chi connectivity index (χ1v) is 7.87. The molecule has 0 radical (unpaired) electrons. The van der Waals surface area contributed by atoms with Crippen molar-refractivity contribution in [1.29, 1.82) is 0 Å². The summed E-state index contributed by atoms with van der Waals surface area (Å²) < 4.78 is 0. The van der Waals surface area contributed by atoms with Gasteiger partial charge < -0.3 is 10.4 Å². The van der Waals surface area contributed by atoms with Crippen LogP contribution in [0.2, 0.25) is 10.0 Å². The molecule has 2 rings (SSSR count). The van der Waals surface area contributed by atoms with E-state index in [9.17, 15) is 9.59 Å². The quantitative estimate of drug-likeness (QED) is 0.816. The van der Waals surface area contributed by atoms with Crippen LogP contribution in [0.1, 0.15) is 15.9 Å². The highest BCUT2D eigenvalue weighted by Gasteiger charge is 2.14. The highest BCUT2D eigenvalue weighted by molar-refractivity contribution is 6.32. The van der Waals surface area contributed by atoms with Gasteiger partial charge in [0.2, 0.25) is 0 Å². The first-order valence-electron chi connectivity index (χ1n) is 7.11. The molecule has 0 bridgehead atoms. The van der Waals surface area contributed by atoms with Gasteiger partial charge in [0.15, 0.2) is 0 Å². The second-order valence-corrected chi connectivity index (χ2v) is 6.14. The molecule has 0 unspecified atom stereocenters. The molecular weight excluding hydrogens is 351 g/mol. The van der Waals surface area contributed by atoms with Crippen molar-refractivity contribution < 1.29 is 14.7 Å². The molecule has 0 aromatic heterocycles. The second-order valence-electron chi connectivity index (χ2n) is 5.29. The van der Waals surface area contributed by atoms with E-state index in [2.05, 4.69) is 5.32 Å². The molecule has 2 aromatic rings. The van der Waals surface area contributed by atoms with Crippen LogP contribution in [0.25, 0.3) is 0 Å². The zero-order valence-corrected chi connectivity index (χ0v) is 14.4. The van der Waals surface area contributed by atoms with Crippen molar-refractivity contribution >= 4 is 40.8 Å². The molecule has 5 nitrogen and oxygen atoms in total. The number of likely N-dealkylation sites (N-methyl/N-ethyl adjacent to an activating group) is 1. The van der Waals surface area contributed by atoms with Gasteiger partial charge in [0.05, 0.1) is 6.54 Å². The maximum atomic E-state index is 12.3. The third-order valence-corrected chi connectivity index (χ3v) is 3.91. The van der Waals surface area contributed by atoms with Gasteiger partial charge in [-0.15, -0.1) is 0 Å². The minimum absolute atomic E-state index is 0.129. The summed E-state index contributed by atoms with van der Waals surface area (Å²) in [4.78, 5) is 24.8. The van der Waals surface area contributed by atoms with Gasteiger partial charge in [-0.25, -0.2) is 0 Å². The molecule has 0 aliphatic rings. The number of nitrogens with zero attached hydrogens (tertiary/aromatic N) is 1. The number of aliphatic carboxylic acids is 1. The number of hydrogen-bond donors (Lipinski definition) is 2. The molecule has 0 aliphatic carbocycles. The van der Waals surface area contributed by atoms with Gasteiger partial charge in [-0.3, -0.25) is 14.5 Å². The smallest absolute Gasteiger partial charge is 0.317 e. The Balaban J connectivity index is 2.20. The Kier molecular flexibility index (Phi) is 6.20. The Bertz CT molecular complexity index is 748. The molecule has 0 spiro atoms. The molecule has 24 heavy (non-hydrogen) atoms. The van der Waals surface area contributed by atoms with Crippen molar-refractivity contribution in [3.63, 3.8) is 0 Å². The van der Waals surface area contributed by atoms with Gasteiger partial charge in [-0.05, 0) is 43.4 Å². The van der Waals surface area contributed by atoms with Crippen LogP contribution < -0.4 is 5.32 Å². The van der Waals surface area contributed by atoms with Crippen LogP contribution in [0.15, 0.2) is 42.5 Å². The lowest BCUT2D eigenvalue weighted by atomic mass is 10.1. The molecular formula is C17H16Cl2N2O3. The van der Waals surface area contributed by atoms with Crippen LogP contribution in [0.4, 0.5) is 5.69 Å². The van der Waals surface area contributed by atoms with Crippen LogP contribution in [-0.4, -0.2) is 35.5 Å². The van der Waals surface area contributed by atoms with Gasteiger partial charge in [-0.1, -0.05) is 29.3 Å². The summed E-state index contributed by atoms with van der Waals surface area (Å²) in [7, 11) is 1.67. The number of carbonyl (C=O) groups excluding carboxylic acids is 1. The summed E-state index contributed by atoms with van der Waals surface area (Å²) in [6.45, 7) is 0.165. The van der Waals surface area contributed by atoms with Crippen molar-refractivity contribution in [3.8, 4) is 0 Å². The molecule has 0 saturated heterocycles. The largest absolute Gasteiger partial charge is 0.480 e. The monoisotopic (exact) mass is 366 g/mol. The lowest BCUT2D eigenvalue weighted by molar-refractivity contribution is -0.138. The molecule has 0 fully saturated rings. The molecule has 126 valence electrons. The molecule has 0 heterocycles. The number of hydrogen-bond acceptors (Lipinski definition) is 3. The second kappa shape index (κ2) is 8.15. The van der Waals surface area contributed by atoms with E-state index < -0.39 is 5.97 Å². The van der Waals surface area contributed by atoms with Crippen LogP contribution in [-0.2, 0) is 11.3 Å².